The van der Waals surface area contributed by atoms with Crippen LogP contribution < -0.4 is 0 Å². The average molecular weight is 1620 g/mol. The Hall–Kier alpha value is -8.82. The first-order chi connectivity index (χ1) is 58.2. The second kappa shape index (κ2) is 60.6. The molecule has 0 aliphatic heterocycles. The number of hydrogen-bond donors (Lipinski definition) is 0. The SMILES string of the molecule is CC.CC.CC.CC.CC.CC.CC.CC.CC.CCN(C)C.CCN(C)C.CCN(C)C.CCN(C)C.CCN(C)C.CCN(C)C.c1ccc2c(c1)Cc1cc3c(cc1-2)-c1c(ccc2ccccc12)C3.c1ccc2c(c1)Cc1cc3c(cc1-2)-c1cc2ccccc2cc1C3.c1ccc2c(c1)Cc1cc3c(cc1-2)-c1ccc2ccccc2c1C3. The van der Waals surface area contributed by atoms with E-state index in [0.29, 0.717) is 0 Å². The summed E-state index contributed by atoms with van der Waals surface area (Å²) in [6, 6.07) is 81.4. The Morgan fingerprint density at radius 2 is 0.408 bits per heavy atom. The zero-order valence-electron chi connectivity index (χ0n) is 83.0. The van der Waals surface area contributed by atoms with Gasteiger partial charge < -0.3 is 29.4 Å². The van der Waals surface area contributed by atoms with Crippen molar-refractivity contribution in [3.63, 3.8) is 0 Å². The summed E-state index contributed by atoms with van der Waals surface area (Å²) >= 11 is 0. The van der Waals surface area contributed by atoms with Crippen molar-refractivity contribution in [3.8, 4) is 66.8 Å². The van der Waals surface area contributed by atoms with E-state index >= 15 is 0 Å². The Labute approximate surface area is 737 Å². The average Bonchev–Trinajstić information content (AvgIpc) is 1.59. The van der Waals surface area contributed by atoms with Gasteiger partial charge in [-0.25, -0.2) is 0 Å². The highest BCUT2D eigenvalue weighted by Gasteiger charge is 2.29. The van der Waals surface area contributed by atoms with Crippen molar-refractivity contribution in [1.82, 2.24) is 29.4 Å². The Morgan fingerprint density at radius 1 is 0.175 bits per heavy atom. The van der Waals surface area contributed by atoms with Gasteiger partial charge in [0.1, 0.15) is 0 Å². The molecule has 0 amide bonds. The molecule has 120 heavy (non-hydrogen) atoms. The van der Waals surface area contributed by atoms with Crippen LogP contribution in [0.4, 0.5) is 0 Å². The minimum Gasteiger partial charge on any atom is -0.310 e. The minimum atomic E-state index is 1.07. The maximum Gasteiger partial charge on any atom is -0.000717 e. The lowest BCUT2D eigenvalue weighted by Crippen LogP contribution is -2.08. The topological polar surface area (TPSA) is 19.4 Å². The van der Waals surface area contributed by atoms with Crippen molar-refractivity contribution in [2.45, 2.75) is 205 Å². The third-order valence-electron chi connectivity index (χ3n) is 20.9. The first-order valence-corrected chi connectivity index (χ1v) is 46.4. The van der Waals surface area contributed by atoms with Gasteiger partial charge in [-0.2, -0.15) is 0 Å². The summed E-state index contributed by atoms with van der Waals surface area (Å²) in [5.41, 5.74) is 35.0. The van der Waals surface area contributed by atoms with E-state index in [1.807, 2.05) is 125 Å². The molecular weight excluding hydrogens is 1450 g/mol. The van der Waals surface area contributed by atoms with Gasteiger partial charge in [0.05, 0.1) is 0 Å². The fourth-order valence-corrected chi connectivity index (χ4v) is 13.7. The van der Waals surface area contributed by atoms with Crippen LogP contribution in [0.5, 0.6) is 0 Å². The molecule has 0 N–H and O–H groups in total. The molecular formula is C114H168N6. The van der Waals surface area contributed by atoms with Crippen LogP contribution in [-0.4, -0.2) is 153 Å². The molecule has 0 atom stereocenters. The molecule has 6 aliphatic carbocycles. The molecule has 0 unspecified atom stereocenters. The smallest absolute Gasteiger partial charge is 0.000717 e. The fourth-order valence-electron chi connectivity index (χ4n) is 13.7. The summed E-state index contributed by atoms with van der Waals surface area (Å²) in [5.74, 6) is 0. The summed E-state index contributed by atoms with van der Waals surface area (Å²) in [7, 11) is 24.7. The van der Waals surface area contributed by atoms with E-state index in [1.165, 1.54) is 166 Å². The molecule has 0 radical (unpaired) electrons. The number of fused-ring (bicyclic) bond motifs is 23. The van der Waals surface area contributed by atoms with Crippen LogP contribution in [0.15, 0.2) is 218 Å². The highest BCUT2D eigenvalue weighted by atomic mass is 15.1. The monoisotopic (exact) mass is 1620 g/mol. The Morgan fingerprint density at radius 3 is 0.775 bits per heavy atom. The van der Waals surface area contributed by atoms with Crippen LogP contribution in [0.1, 0.15) is 233 Å². The lowest BCUT2D eigenvalue weighted by molar-refractivity contribution is 0.434. The van der Waals surface area contributed by atoms with Crippen molar-refractivity contribution in [3.05, 3.63) is 285 Å². The van der Waals surface area contributed by atoms with Crippen LogP contribution in [0.25, 0.3) is 99.1 Å². The number of benzene rings is 12. The predicted octanol–water partition coefficient (Wildman–Crippen LogP) is 30.6. The Bertz CT molecular complexity index is 4690. The number of rotatable bonds is 6. The van der Waals surface area contributed by atoms with Gasteiger partial charge in [0.2, 0.25) is 0 Å². The molecule has 0 saturated carbocycles. The fraction of sp³-hybridized carbons (Fsp3) is 0.421. The zero-order chi connectivity index (χ0) is 90.7. The summed E-state index contributed by atoms with van der Waals surface area (Å²) in [4.78, 5) is 12.8. The van der Waals surface area contributed by atoms with E-state index in [4.69, 9.17) is 0 Å². The first kappa shape index (κ1) is 109. The van der Waals surface area contributed by atoms with Crippen molar-refractivity contribution in [1.29, 1.82) is 0 Å². The molecule has 6 heteroatoms. The minimum absolute atomic E-state index is 1.07. The lowest BCUT2D eigenvalue weighted by atomic mass is 9.95. The molecule has 6 aliphatic rings. The van der Waals surface area contributed by atoms with Gasteiger partial charge in [-0.05, 0) is 352 Å². The predicted molar refractivity (Wildman–Crippen MR) is 549 cm³/mol. The van der Waals surface area contributed by atoms with Gasteiger partial charge in [-0.1, -0.05) is 360 Å². The second-order valence-electron chi connectivity index (χ2n) is 29.4. The molecule has 18 rings (SSSR count). The standard InChI is InChI=1S/3C24H16.6C4H11N.9C2H6/c1-4-8-21-15(5-1)9-10-17-12-19-13-18-11-16-6-2-3-7-20(16)22(18)14-23(19)24(17)21;1-3-7-19-15(5-1)9-10-21-23-14-22-17(12-18(23)13-24(19)21)11-16-6-2-4-8-20(16)22;1-2-6-16-13-22-18(9-15(16)5-1)11-20-12-19-10-17-7-3-4-8-21(17)23(19)14-24(20)22;6*1-4-5(2)3;9*1-2/h1-10,13-14H,11-12H2;1-10,12,14H,11,13H2;1-9,12-14H,10-11H2;6*4H2,1-3H3;9*1-2H3. The normalized spacial score (nSPS) is 10.9. The summed E-state index contributed by atoms with van der Waals surface area (Å²) in [5, 5.41) is 8.17. The molecule has 0 saturated heterocycles. The highest BCUT2D eigenvalue weighted by molar-refractivity contribution is 6.03. The van der Waals surface area contributed by atoms with Gasteiger partial charge in [0, 0.05) is 0 Å². The summed E-state index contributed by atoms with van der Waals surface area (Å²) in [6.07, 6.45) is 6.44. The van der Waals surface area contributed by atoms with Crippen LogP contribution in [0.3, 0.4) is 0 Å². The van der Waals surface area contributed by atoms with E-state index in [1.54, 1.807) is 0 Å². The van der Waals surface area contributed by atoms with Gasteiger partial charge in [-0.3, -0.25) is 0 Å². The first-order valence-electron chi connectivity index (χ1n) is 46.4. The molecule has 12 aromatic rings. The van der Waals surface area contributed by atoms with Crippen molar-refractivity contribution < 1.29 is 0 Å². The zero-order valence-corrected chi connectivity index (χ0v) is 83.0. The maximum absolute atomic E-state index is 2.46. The Kier molecular flexibility index (Phi) is 55.2. The summed E-state index contributed by atoms with van der Waals surface area (Å²) < 4.78 is 0. The van der Waals surface area contributed by atoms with E-state index in [0.717, 1.165) is 77.8 Å². The third-order valence-corrected chi connectivity index (χ3v) is 20.9. The van der Waals surface area contributed by atoms with E-state index < -0.39 is 0 Å². The van der Waals surface area contributed by atoms with Crippen molar-refractivity contribution in [2.24, 2.45) is 0 Å². The van der Waals surface area contributed by atoms with E-state index in [2.05, 4.69) is 374 Å². The van der Waals surface area contributed by atoms with Gasteiger partial charge in [0.15, 0.2) is 0 Å². The highest BCUT2D eigenvalue weighted by Crippen LogP contribution is 2.50. The largest absolute Gasteiger partial charge is 0.310 e. The molecule has 6 nitrogen and oxygen atoms in total. The van der Waals surface area contributed by atoms with Crippen LogP contribution >= 0.6 is 0 Å². The maximum atomic E-state index is 2.46. The second-order valence-corrected chi connectivity index (χ2v) is 29.4. The van der Waals surface area contributed by atoms with Gasteiger partial charge >= 0.3 is 0 Å². The molecule has 0 fully saturated rings. The third kappa shape index (κ3) is 31.0. The van der Waals surface area contributed by atoms with E-state index in [9.17, 15) is 0 Å². The molecule has 0 bridgehead atoms. The van der Waals surface area contributed by atoms with Crippen molar-refractivity contribution in [2.75, 3.05) is 124 Å². The number of nitrogens with zero attached hydrogens (tertiary/aromatic N) is 6. The molecule has 0 spiro atoms. The Balaban J connectivity index is 0.000000715. The molecule has 654 valence electrons. The van der Waals surface area contributed by atoms with Crippen molar-refractivity contribution >= 4 is 32.3 Å². The lowest BCUT2D eigenvalue weighted by Gasteiger charge is -2.09. The quantitative estimate of drug-likeness (QED) is 0.164. The van der Waals surface area contributed by atoms with Gasteiger partial charge in [-0.15, -0.1) is 0 Å². The molecule has 0 aromatic heterocycles. The van der Waals surface area contributed by atoms with Gasteiger partial charge in [0.25, 0.3) is 0 Å². The number of hydrogen-bond acceptors (Lipinski definition) is 6. The molecule has 12 aromatic carbocycles. The van der Waals surface area contributed by atoms with E-state index in [-0.39, 0.29) is 0 Å². The molecule has 0 heterocycles. The van der Waals surface area contributed by atoms with Crippen LogP contribution in [-0.2, 0) is 38.5 Å². The summed E-state index contributed by atoms with van der Waals surface area (Å²) in [6.45, 7) is 55.6. The van der Waals surface area contributed by atoms with Crippen LogP contribution in [0.2, 0.25) is 0 Å². The van der Waals surface area contributed by atoms with Crippen LogP contribution in [0, 0.1) is 0 Å².